The third-order valence-electron chi connectivity index (χ3n) is 4.82. The van der Waals surface area contributed by atoms with Crippen LogP contribution in [0.1, 0.15) is 32.0 Å². The van der Waals surface area contributed by atoms with E-state index in [1.165, 1.54) is 18.2 Å². The molecule has 0 aliphatic heterocycles. The van der Waals surface area contributed by atoms with Crippen molar-refractivity contribution in [3.8, 4) is 11.1 Å². The summed E-state index contributed by atoms with van der Waals surface area (Å²) in [5.41, 5.74) is 3.55. The molecule has 0 bridgehead atoms. The van der Waals surface area contributed by atoms with Crippen molar-refractivity contribution < 1.29 is 24.5 Å². The van der Waals surface area contributed by atoms with Crippen LogP contribution in [0.4, 0.5) is 4.39 Å². The summed E-state index contributed by atoms with van der Waals surface area (Å²) < 4.78 is 15.6. The third kappa shape index (κ3) is 4.39. The normalized spacial score (nSPS) is 14.0. The number of hydrogen-bond donors (Lipinski definition) is 3. The molecule has 0 fully saturated rings. The van der Waals surface area contributed by atoms with Gasteiger partial charge < -0.3 is 19.9 Å². The van der Waals surface area contributed by atoms with Gasteiger partial charge in [0.25, 0.3) is 0 Å². The van der Waals surface area contributed by atoms with E-state index in [1.807, 2.05) is 38.1 Å². The number of para-hydroxylation sites is 1. The molecule has 0 saturated carbocycles. The van der Waals surface area contributed by atoms with E-state index in [2.05, 4.69) is 4.57 Å². The van der Waals surface area contributed by atoms with Crippen molar-refractivity contribution in [1.82, 2.24) is 4.57 Å². The molecule has 5 nitrogen and oxygen atoms in total. The first-order valence-corrected chi connectivity index (χ1v) is 9.45. The summed E-state index contributed by atoms with van der Waals surface area (Å²) in [7, 11) is 0. The fourth-order valence-corrected chi connectivity index (χ4v) is 3.53. The van der Waals surface area contributed by atoms with Gasteiger partial charge in [-0.15, -0.1) is 0 Å². The van der Waals surface area contributed by atoms with Crippen molar-refractivity contribution >= 4 is 22.9 Å². The highest BCUT2D eigenvalue weighted by atomic mass is 19.1. The fourth-order valence-electron chi connectivity index (χ4n) is 3.53. The van der Waals surface area contributed by atoms with Crippen molar-refractivity contribution in [2.24, 2.45) is 0 Å². The van der Waals surface area contributed by atoms with Crippen LogP contribution in [0.25, 0.3) is 28.1 Å². The van der Waals surface area contributed by atoms with E-state index in [0.717, 1.165) is 27.7 Å². The van der Waals surface area contributed by atoms with E-state index in [1.54, 1.807) is 18.2 Å². The first-order valence-electron chi connectivity index (χ1n) is 9.45. The molecule has 152 valence electrons. The smallest absolute Gasteiger partial charge is 0.332 e. The fraction of sp³-hybridized carbons (Fsp3) is 0.261. The average Bonchev–Trinajstić information content (AvgIpc) is 3.01. The Morgan fingerprint density at radius 1 is 1.10 bits per heavy atom. The van der Waals surface area contributed by atoms with Crippen molar-refractivity contribution in [2.75, 3.05) is 0 Å². The highest BCUT2D eigenvalue weighted by Crippen LogP contribution is 2.38. The summed E-state index contributed by atoms with van der Waals surface area (Å²) in [6.45, 7) is 4.09. The summed E-state index contributed by atoms with van der Waals surface area (Å²) in [5, 5.41) is 29.5. The number of aliphatic carboxylic acids is 1. The van der Waals surface area contributed by atoms with Crippen molar-refractivity contribution in [3.63, 3.8) is 0 Å². The van der Waals surface area contributed by atoms with E-state index < -0.39 is 18.2 Å². The standard InChI is InChI=1S/C23H24FNO4/c1-14(2)25-19-6-4-3-5-18(19)22(15-7-9-16(24)10-8-15)20(25)12-11-17(26)13-21(27)23(28)29/h3-12,14,17,21,26-27H,13H2,1-2H3,(H,28,29)/b12-11+/t17-,21-/m1/s1. The van der Waals surface area contributed by atoms with E-state index in [-0.39, 0.29) is 18.3 Å². The first-order chi connectivity index (χ1) is 13.8. The summed E-state index contributed by atoms with van der Waals surface area (Å²) >= 11 is 0. The minimum absolute atomic E-state index is 0.107. The Morgan fingerprint density at radius 3 is 2.38 bits per heavy atom. The monoisotopic (exact) mass is 397 g/mol. The molecule has 1 aromatic heterocycles. The molecule has 1 heterocycles. The zero-order chi connectivity index (χ0) is 21.1. The van der Waals surface area contributed by atoms with Crippen LogP contribution < -0.4 is 0 Å². The second-order valence-corrected chi connectivity index (χ2v) is 7.26. The molecule has 0 aliphatic rings. The second-order valence-electron chi connectivity index (χ2n) is 7.26. The Morgan fingerprint density at radius 2 is 1.76 bits per heavy atom. The average molecular weight is 397 g/mol. The van der Waals surface area contributed by atoms with Crippen LogP contribution in [0.2, 0.25) is 0 Å². The third-order valence-corrected chi connectivity index (χ3v) is 4.82. The number of nitrogens with zero attached hydrogens (tertiary/aromatic N) is 1. The summed E-state index contributed by atoms with van der Waals surface area (Å²) in [4.78, 5) is 10.8. The molecule has 0 unspecified atom stereocenters. The van der Waals surface area contributed by atoms with Crippen molar-refractivity contribution in [2.45, 2.75) is 38.5 Å². The van der Waals surface area contributed by atoms with Crippen LogP contribution in [-0.4, -0.2) is 38.1 Å². The van der Waals surface area contributed by atoms with E-state index >= 15 is 0 Å². The van der Waals surface area contributed by atoms with Gasteiger partial charge >= 0.3 is 5.97 Å². The zero-order valence-electron chi connectivity index (χ0n) is 16.3. The predicted molar refractivity (Wildman–Crippen MR) is 111 cm³/mol. The van der Waals surface area contributed by atoms with Gasteiger partial charge in [0.2, 0.25) is 0 Å². The van der Waals surface area contributed by atoms with E-state index in [0.29, 0.717) is 0 Å². The molecule has 0 aliphatic carbocycles. The number of halogens is 1. The summed E-state index contributed by atoms with van der Waals surface area (Å²) in [6, 6.07) is 14.2. The maximum Gasteiger partial charge on any atom is 0.332 e. The van der Waals surface area contributed by atoms with Gasteiger partial charge in [0.1, 0.15) is 5.82 Å². The number of benzene rings is 2. The number of aromatic nitrogens is 1. The van der Waals surface area contributed by atoms with E-state index in [9.17, 15) is 19.4 Å². The molecule has 0 amide bonds. The molecule has 3 N–H and O–H groups in total. The second kappa shape index (κ2) is 8.59. The number of hydrogen-bond acceptors (Lipinski definition) is 3. The van der Waals surface area contributed by atoms with Gasteiger partial charge in [-0.3, -0.25) is 0 Å². The number of carboxylic acid groups (broad SMARTS) is 1. The quantitative estimate of drug-likeness (QED) is 0.557. The number of aliphatic hydroxyl groups excluding tert-OH is 2. The Labute approximate surface area is 168 Å². The van der Waals surface area contributed by atoms with Crippen LogP contribution in [0.15, 0.2) is 54.6 Å². The highest BCUT2D eigenvalue weighted by molar-refractivity contribution is 6.01. The van der Waals surface area contributed by atoms with Gasteiger partial charge in [-0.2, -0.15) is 0 Å². The predicted octanol–water partition coefficient (Wildman–Crippen LogP) is 4.24. The van der Waals surface area contributed by atoms with Gasteiger partial charge in [-0.25, -0.2) is 9.18 Å². The zero-order valence-corrected chi connectivity index (χ0v) is 16.3. The SMILES string of the molecule is CC(C)n1c(/C=C/[C@@H](O)C[C@@H](O)C(=O)O)c(-c2ccc(F)cc2)c2ccccc21. The minimum atomic E-state index is -1.64. The number of carboxylic acids is 1. The van der Waals surface area contributed by atoms with Gasteiger partial charge in [-0.05, 0) is 43.7 Å². The van der Waals surface area contributed by atoms with Crippen LogP contribution in [0.5, 0.6) is 0 Å². The molecule has 0 spiro atoms. The lowest BCUT2D eigenvalue weighted by atomic mass is 10.0. The van der Waals surface area contributed by atoms with Gasteiger partial charge in [0.15, 0.2) is 6.10 Å². The van der Waals surface area contributed by atoms with Crippen LogP contribution in [0.3, 0.4) is 0 Å². The number of carbonyl (C=O) groups is 1. The molecule has 3 aromatic rings. The minimum Gasteiger partial charge on any atom is -0.479 e. The lowest BCUT2D eigenvalue weighted by Crippen LogP contribution is -2.24. The summed E-state index contributed by atoms with van der Waals surface area (Å²) in [5.74, 6) is -1.70. The molecular weight excluding hydrogens is 373 g/mol. The van der Waals surface area contributed by atoms with Crippen LogP contribution in [-0.2, 0) is 4.79 Å². The largest absolute Gasteiger partial charge is 0.479 e. The maximum absolute atomic E-state index is 13.5. The topological polar surface area (TPSA) is 82.7 Å². The molecule has 0 saturated heterocycles. The van der Waals surface area contributed by atoms with Gasteiger partial charge in [-0.1, -0.05) is 36.4 Å². The molecule has 2 aromatic carbocycles. The lowest BCUT2D eigenvalue weighted by molar-refractivity contribution is -0.147. The van der Waals surface area contributed by atoms with Gasteiger partial charge in [0.05, 0.1) is 6.10 Å². The Kier molecular flexibility index (Phi) is 6.15. The molecular formula is C23H24FNO4. The number of aliphatic hydroxyl groups is 2. The Hall–Kier alpha value is -2.96. The van der Waals surface area contributed by atoms with Crippen LogP contribution >= 0.6 is 0 Å². The van der Waals surface area contributed by atoms with Crippen molar-refractivity contribution in [3.05, 3.63) is 66.1 Å². The molecule has 0 radical (unpaired) electrons. The first kappa shape index (κ1) is 20.8. The summed E-state index contributed by atoms with van der Waals surface area (Å²) in [6.07, 6.45) is 0.145. The molecule has 29 heavy (non-hydrogen) atoms. The Bertz CT molecular complexity index is 1040. The van der Waals surface area contributed by atoms with Gasteiger partial charge in [0, 0.05) is 34.6 Å². The number of fused-ring (bicyclic) bond motifs is 1. The number of rotatable bonds is 7. The molecule has 3 rings (SSSR count). The van der Waals surface area contributed by atoms with E-state index in [4.69, 9.17) is 5.11 Å². The Balaban J connectivity index is 2.14. The van der Waals surface area contributed by atoms with Crippen LogP contribution in [0, 0.1) is 5.82 Å². The lowest BCUT2D eigenvalue weighted by Gasteiger charge is -2.14. The van der Waals surface area contributed by atoms with Crippen molar-refractivity contribution in [1.29, 1.82) is 0 Å². The highest BCUT2D eigenvalue weighted by Gasteiger charge is 2.20. The molecule has 6 heteroatoms. The maximum atomic E-state index is 13.5. The molecule has 2 atom stereocenters.